The second-order valence-electron chi connectivity index (χ2n) is 9.24. The van der Waals surface area contributed by atoms with E-state index in [1.54, 1.807) is 0 Å². The lowest BCUT2D eigenvalue weighted by atomic mass is 9.81. The number of rotatable bonds is 16. The quantitative estimate of drug-likeness (QED) is 0.195. The molecular formula is C28H46O3. The molecule has 0 aliphatic heterocycles. The molecule has 0 bridgehead atoms. The Hall–Kier alpha value is -1.51. The maximum atomic E-state index is 12.5. The van der Waals surface area contributed by atoms with E-state index in [2.05, 4.69) is 32.0 Å². The summed E-state index contributed by atoms with van der Waals surface area (Å²) >= 11 is 0. The lowest BCUT2D eigenvalue weighted by Gasteiger charge is -2.32. The Bertz CT molecular complexity index is 598. The molecule has 0 spiro atoms. The van der Waals surface area contributed by atoms with Crippen molar-refractivity contribution in [1.29, 1.82) is 0 Å². The highest BCUT2D eigenvalue weighted by Crippen LogP contribution is 2.39. The first-order chi connectivity index (χ1) is 15.3. The molecule has 0 N–H and O–H groups in total. The van der Waals surface area contributed by atoms with E-state index in [0.717, 1.165) is 57.3 Å². The summed E-state index contributed by atoms with van der Waals surface area (Å²) in [6.45, 7) is 5.19. The summed E-state index contributed by atoms with van der Waals surface area (Å²) in [5.41, 5.74) is 1.22. The number of carbonyl (C=O) groups excluding carboxylic acids is 1. The second-order valence-corrected chi connectivity index (χ2v) is 9.24. The summed E-state index contributed by atoms with van der Waals surface area (Å²) in [6.07, 6.45) is 18.5. The first-order valence-electron chi connectivity index (χ1n) is 13.2. The molecule has 1 aliphatic rings. The van der Waals surface area contributed by atoms with Crippen molar-refractivity contribution in [2.75, 3.05) is 6.61 Å². The zero-order chi connectivity index (χ0) is 22.2. The SMILES string of the molecule is CCCCCCCCCCCC(=O)O[C@H]1CCCC[C@@H]1c1ccccc1OCCCC. The topological polar surface area (TPSA) is 35.5 Å². The van der Waals surface area contributed by atoms with Crippen molar-refractivity contribution in [2.24, 2.45) is 0 Å². The molecule has 31 heavy (non-hydrogen) atoms. The van der Waals surface area contributed by atoms with E-state index in [1.807, 2.05) is 6.07 Å². The van der Waals surface area contributed by atoms with Crippen LogP contribution in [0.15, 0.2) is 24.3 Å². The maximum Gasteiger partial charge on any atom is 0.306 e. The average molecular weight is 431 g/mol. The summed E-state index contributed by atoms with van der Waals surface area (Å²) in [5, 5.41) is 0. The van der Waals surface area contributed by atoms with Crippen LogP contribution in [0.4, 0.5) is 0 Å². The molecule has 2 atom stereocenters. The van der Waals surface area contributed by atoms with Crippen LogP contribution >= 0.6 is 0 Å². The van der Waals surface area contributed by atoms with Crippen LogP contribution in [-0.2, 0) is 9.53 Å². The van der Waals surface area contributed by atoms with Crippen LogP contribution in [0.1, 0.15) is 128 Å². The third-order valence-electron chi connectivity index (χ3n) is 6.54. The molecule has 0 amide bonds. The molecule has 0 aromatic heterocycles. The summed E-state index contributed by atoms with van der Waals surface area (Å²) < 4.78 is 12.1. The van der Waals surface area contributed by atoms with Crippen LogP contribution in [-0.4, -0.2) is 18.7 Å². The minimum atomic E-state index is -0.00997. The fourth-order valence-electron chi connectivity index (χ4n) is 4.65. The normalized spacial score (nSPS) is 18.6. The fourth-order valence-corrected chi connectivity index (χ4v) is 4.65. The Morgan fingerprint density at radius 3 is 2.23 bits per heavy atom. The number of esters is 1. The summed E-state index contributed by atoms with van der Waals surface area (Å²) in [4.78, 5) is 12.5. The Morgan fingerprint density at radius 1 is 0.839 bits per heavy atom. The van der Waals surface area contributed by atoms with E-state index >= 15 is 0 Å². The van der Waals surface area contributed by atoms with Gasteiger partial charge in [0, 0.05) is 17.9 Å². The average Bonchev–Trinajstić information content (AvgIpc) is 2.79. The van der Waals surface area contributed by atoms with Gasteiger partial charge in [-0.3, -0.25) is 4.79 Å². The van der Waals surface area contributed by atoms with Gasteiger partial charge in [0.2, 0.25) is 0 Å². The Morgan fingerprint density at radius 2 is 1.48 bits per heavy atom. The molecule has 176 valence electrons. The molecule has 1 aromatic rings. The number of carbonyl (C=O) groups is 1. The lowest BCUT2D eigenvalue weighted by molar-refractivity contribution is -0.151. The third kappa shape index (κ3) is 10.1. The molecule has 0 heterocycles. The smallest absolute Gasteiger partial charge is 0.306 e. The van der Waals surface area contributed by atoms with Crippen LogP contribution in [0.3, 0.4) is 0 Å². The van der Waals surface area contributed by atoms with Crippen molar-refractivity contribution in [2.45, 2.75) is 129 Å². The number of unbranched alkanes of at least 4 members (excludes halogenated alkanes) is 9. The third-order valence-corrected chi connectivity index (χ3v) is 6.54. The van der Waals surface area contributed by atoms with Crippen molar-refractivity contribution in [3.8, 4) is 5.75 Å². The summed E-state index contributed by atoms with van der Waals surface area (Å²) in [6, 6.07) is 8.36. The standard InChI is InChI=1S/C28H46O3/c1-3-5-7-8-9-10-11-12-13-22-28(29)31-27-21-17-15-19-25(27)24-18-14-16-20-26(24)30-23-6-4-2/h14,16,18,20,25,27H,3-13,15,17,19,21-23H2,1-2H3/t25-,27+/m1/s1. The Labute approximate surface area is 191 Å². The highest BCUT2D eigenvalue weighted by molar-refractivity contribution is 5.69. The van der Waals surface area contributed by atoms with Crippen LogP contribution in [0.5, 0.6) is 5.75 Å². The summed E-state index contributed by atoms with van der Waals surface area (Å²) in [5.74, 6) is 1.23. The number of hydrogen-bond acceptors (Lipinski definition) is 3. The van der Waals surface area contributed by atoms with Gasteiger partial charge in [0.15, 0.2) is 0 Å². The lowest BCUT2D eigenvalue weighted by Crippen LogP contribution is -2.29. The molecule has 0 radical (unpaired) electrons. The van der Waals surface area contributed by atoms with Gasteiger partial charge >= 0.3 is 5.97 Å². The predicted molar refractivity (Wildman–Crippen MR) is 130 cm³/mol. The van der Waals surface area contributed by atoms with Crippen molar-refractivity contribution in [3.05, 3.63) is 29.8 Å². The van der Waals surface area contributed by atoms with Gasteiger partial charge in [0.25, 0.3) is 0 Å². The monoisotopic (exact) mass is 430 g/mol. The summed E-state index contributed by atoms with van der Waals surface area (Å²) in [7, 11) is 0. The first kappa shape index (κ1) is 25.7. The molecule has 1 fully saturated rings. The Kier molecular flexibility index (Phi) is 13.4. The van der Waals surface area contributed by atoms with E-state index < -0.39 is 0 Å². The van der Waals surface area contributed by atoms with Crippen LogP contribution < -0.4 is 4.74 Å². The van der Waals surface area contributed by atoms with Gasteiger partial charge in [0.05, 0.1) is 6.61 Å². The zero-order valence-electron chi connectivity index (χ0n) is 20.2. The second kappa shape index (κ2) is 16.2. The molecule has 1 aliphatic carbocycles. The molecule has 0 saturated heterocycles. The largest absolute Gasteiger partial charge is 0.493 e. The predicted octanol–water partition coefficient (Wildman–Crippen LogP) is 8.36. The van der Waals surface area contributed by atoms with Gasteiger partial charge in [-0.15, -0.1) is 0 Å². The van der Waals surface area contributed by atoms with E-state index in [1.165, 1.54) is 56.9 Å². The van der Waals surface area contributed by atoms with E-state index in [4.69, 9.17) is 9.47 Å². The molecule has 3 nitrogen and oxygen atoms in total. The first-order valence-corrected chi connectivity index (χ1v) is 13.2. The zero-order valence-corrected chi connectivity index (χ0v) is 20.2. The van der Waals surface area contributed by atoms with Crippen molar-refractivity contribution >= 4 is 5.97 Å². The number of benzene rings is 1. The minimum Gasteiger partial charge on any atom is -0.493 e. The van der Waals surface area contributed by atoms with E-state index in [0.29, 0.717) is 6.42 Å². The minimum absolute atomic E-state index is 0.00394. The van der Waals surface area contributed by atoms with E-state index in [9.17, 15) is 4.79 Å². The number of hydrogen-bond donors (Lipinski definition) is 0. The van der Waals surface area contributed by atoms with Crippen LogP contribution in [0, 0.1) is 0 Å². The van der Waals surface area contributed by atoms with Gasteiger partial charge in [-0.05, 0) is 38.2 Å². The highest BCUT2D eigenvalue weighted by atomic mass is 16.5. The van der Waals surface area contributed by atoms with Crippen molar-refractivity contribution < 1.29 is 14.3 Å². The molecular weight excluding hydrogens is 384 g/mol. The van der Waals surface area contributed by atoms with Gasteiger partial charge in [-0.25, -0.2) is 0 Å². The van der Waals surface area contributed by atoms with Crippen LogP contribution in [0.2, 0.25) is 0 Å². The van der Waals surface area contributed by atoms with Gasteiger partial charge < -0.3 is 9.47 Å². The molecule has 1 saturated carbocycles. The van der Waals surface area contributed by atoms with Gasteiger partial charge in [-0.2, -0.15) is 0 Å². The number of para-hydroxylation sites is 1. The van der Waals surface area contributed by atoms with Gasteiger partial charge in [0.1, 0.15) is 11.9 Å². The molecule has 0 unspecified atom stereocenters. The molecule has 2 rings (SSSR count). The van der Waals surface area contributed by atoms with Crippen LogP contribution in [0.25, 0.3) is 0 Å². The van der Waals surface area contributed by atoms with E-state index in [-0.39, 0.29) is 18.0 Å². The highest BCUT2D eigenvalue weighted by Gasteiger charge is 2.31. The Balaban J connectivity index is 1.75. The molecule has 1 aromatic carbocycles. The number of ether oxygens (including phenoxy) is 2. The molecule has 3 heteroatoms. The van der Waals surface area contributed by atoms with Crippen molar-refractivity contribution in [3.63, 3.8) is 0 Å². The van der Waals surface area contributed by atoms with Crippen molar-refractivity contribution in [1.82, 2.24) is 0 Å². The fraction of sp³-hybridized carbons (Fsp3) is 0.750. The van der Waals surface area contributed by atoms with Gasteiger partial charge in [-0.1, -0.05) is 96.3 Å². The maximum absolute atomic E-state index is 12.5.